The Bertz CT molecular complexity index is 522. The number of hydrogen-bond donors (Lipinski definition) is 1. The molecule has 1 aliphatic heterocycles. The Hall–Kier alpha value is -0.696. The summed E-state index contributed by atoms with van der Waals surface area (Å²) in [5.74, 6) is 0. The Kier molecular flexibility index (Phi) is 6.21. The van der Waals surface area contributed by atoms with Crippen LogP contribution in [0.3, 0.4) is 0 Å². The molecule has 1 aliphatic rings. The summed E-state index contributed by atoms with van der Waals surface area (Å²) in [7, 11) is 0. The Balaban J connectivity index is 0.00000147. The van der Waals surface area contributed by atoms with E-state index >= 15 is 0 Å². The van der Waals surface area contributed by atoms with Gasteiger partial charge in [0.15, 0.2) is 0 Å². The van der Waals surface area contributed by atoms with Crippen LogP contribution in [0.2, 0.25) is 0 Å². The van der Waals surface area contributed by atoms with E-state index in [-0.39, 0.29) is 32.7 Å². The van der Waals surface area contributed by atoms with E-state index in [1.807, 2.05) is 12.1 Å². The van der Waals surface area contributed by atoms with Gasteiger partial charge in [-0.1, -0.05) is 12.1 Å². The normalized spacial score (nSPS) is 14.7. The van der Waals surface area contributed by atoms with Gasteiger partial charge in [-0.25, -0.2) is 0 Å². The summed E-state index contributed by atoms with van der Waals surface area (Å²) in [4.78, 5) is 2.46. The molecular weight excluding hydrogens is 321 g/mol. The molecule has 0 saturated carbocycles. The summed E-state index contributed by atoms with van der Waals surface area (Å²) in [6.07, 6.45) is 0.995. The summed E-state index contributed by atoms with van der Waals surface area (Å²) in [5, 5.41) is 3.39. The third-order valence-electron chi connectivity index (χ3n) is 3.59. The van der Waals surface area contributed by atoms with E-state index in [9.17, 15) is 0 Å². The second-order valence-corrected chi connectivity index (χ2v) is 4.99. The number of benzene rings is 2. The first-order valence-electron chi connectivity index (χ1n) is 6.91. The number of hydrogen-bond acceptors (Lipinski definition) is 2. The van der Waals surface area contributed by atoms with Crippen LogP contribution in [0.4, 0.5) is 5.69 Å². The van der Waals surface area contributed by atoms with Crippen LogP contribution in [0.5, 0.6) is 0 Å². The zero-order chi connectivity index (χ0) is 12.9. The van der Waals surface area contributed by atoms with E-state index < -0.39 is 0 Å². The zero-order valence-corrected chi connectivity index (χ0v) is 14.5. The van der Waals surface area contributed by atoms with Crippen molar-refractivity contribution in [2.24, 2.45) is 0 Å². The van der Waals surface area contributed by atoms with E-state index in [1.165, 1.54) is 16.8 Å². The molecule has 2 aromatic carbocycles. The van der Waals surface area contributed by atoms with Gasteiger partial charge in [0.05, 0.1) is 0 Å². The van der Waals surface area contributed by atoms with E-state index in [0.29, 0.717) is 0 Å². The molecule has 0 atom stereocenters. The maximum absolute atomic E-state index is 3.39. The van der Waals surface area contributed by atoms with Crippen molar-refractivity contribution in [3.05, 3.63) is 65.7 Å². The van der Waals surface area contributed by atoms with E-state index in [1.54, 1.807) is 0 Å². The minimum absolute atomic E-state index is 0. The predicted octanol–water partition coefficient (Wildman–Crippen LogP) is 2.48. The molecule has 2 nitrogen and oxygen atoms in total. The molecule has 1 heterocycles. The Morgan fingerprint density at radius 2 is 1.75 bits per heavy atom. The number of nitrogens with one attached hydrogen (secondary N) is 1. The fourth-order valence-electron chi connectivity index (χ4n) is 2.56. The Labute approximate surface area is 146 Å². The Morgan fingerprint density at radius 1 is 1.00 bits per heavy atom. The molecule has 1 N–H and O–H groups in total. The smallest absolute Gasteiger partial charge is 0.0369 e. The summed E-state index contributed by atoms with van der Waals surface area (Å²) in [6.45, 7) is 4.37. The minimum Gasteiger partial charge on any atom is -0.369 e. The zero-order valence-electron chi connectivity index (χ0n) is 11.7. The molecular formula is C17H19N2Y-. The maximum atomic E-state index is 3.39. The van der Waals surface area contributed by atoms with Crippen molar-refractivity contribution in [1.29, 1.82) is 0 Å². The van der Waals surface area contributed by atoms with Crippen molar-refractivity contribution in [2.75, 3.05) is 31.1 Å². The number of piperazine rings is 1. The quantitative estimate of drug-likeness (QED) is 0.864. The van der Waals surface area contributed by atoms with Crippen molar-refractivity contribution in [3.8, 4) is 0 Å². The predicted molar refractivity (Wildman–Crippen MR) is 79.6 cm³/mol. The van der Waals surface area contributed by atoms with Gasteiger partial charge in [0.25, 0.3) is 0 Å². The van der Waals surface area contributed by atoms with Gasteiger partial charge in [-0.2, -0.15) is 35.9 Å². The van der Waals surface area contributed by atoms with Crippen LogP contribution >= 0.6 is 0 Å². The molecule has 1 fully saturated rings. The fourth-order valence-corrected chi connectivity index (χ4v) is 2.56. The Morgan fingerprint density at radius 3 is 2.50 bits per heavy atom. The summed E-state index contributed by atoms with van der Waals surface area (Å²) < 4.78 is 0. The molecule has 0 unspecified atom stereocenters. The van der Waals surface area contributed by atoms with Crippen molar-refractivity contribution >= 4 is 5.69 Å². The fraction of sp³-hybridized carbons (Fsp3) is 0.294. The van der Waals surface area contributed by atoms with Gasteiger partial charge >= 0.3 is 0 Å². The first-order chi connectivity index (χ1) is 9.42. The first-order valence-corrected chi connectivity index (χ1v) is 6.91. The molecule has 0 aliphatic carbocycles. The third-order valence-corrected chi connectivity index (χ3v) is 3.59. The van der Waals surface area contributed by atoms with Crippen LogP contribution in [-0.2, 0) is 39.1 Å². The molecule has 101 valence electrons. The molecule has 0 amide bonds. The van der Waals surface area contributed by atoms with Crippen molar-refractivity contribution < 1.29 is 32.7 Å². The number of rotatable bonds is 3. The molecule has 0 aromatic heterocycles. The summed E-state index contributed by atoms with van der Waals surface area (Å²) >= 11 is 0. The SMILES string of the molecule is [Y].[c-]1ccc(Cc2cccc(N3CCNCC3)c2)cc1. The van der Waals surface area contributed by atoms with E-state index in [4.69, 9.17) is 0 Å². The summed E-state index contributed by atoms with van der Waals surface area (Å²) in [5.41, 5.74) is 4.07. The van der Waals surface area contributed by atoms with Crippen molar-refractivity contribution in [2.45, 2.75) is 6.42 Å². The molecule has 2 aromatic rings. The van der Waals surface area contributed by atoms with Gasteiger partial charge in [-0.3, -0.25) is 0 Å². The maximum Gasteiger partial charge on any atom is 0.0369 e. The molecule has 20 heavy (non-hydrogen) atoms. The topological polar surface area (TPSA) is 15.3 Å². The van der Waals surface area contributed by atoms with Crippen LogP contribution in [0.25, 0.3) is 0 Å². The second-order valence-electron chi connectivity index (χ2n) is 4.99. The molecule has 0 spiro atoms. The van der Waals surface area contributed by atoms with Crippen LogP contribution < -0.4 is 10.2 Å². The van der Waals surface area contributed by atoms with Gasteiger partial charge in [-0.15, -0.1) is 0 Å². The van der Waals surface area contributed by atoms with Crippen molar-refractivity contribution in [1.82, 2.24) is 5.32 Å². The van der Waals surface area contributed by atoms with Crippen LogP contribution in [0.1, 0.15) is 11.1 Å². The van der Waals surface area contributed by atoms with E-state index in [2.05, 4.69) is 52.7 Å². The van der Waals surface area contributed by atoms with Gasteiger partial charge in [0.1, 0.15) is 0 Å². The van der Waals surface area contributed by atoms with Gasteiger partial charge in [0.2, 0.25) is 0 Å². The molecule has 3 heteroatoms. The summed E-state index contributed by atoms with van der Waals surface area (Å²) in [6, 6.07) is 20.2. The minimum atomic E-state index is 0. The van der Waals surface area contributed by atoms with E-state index in [0.717, 1.165) is 32.6 Å². The number of anilines is 1. The monoisotopic (exact) mass is 340 g/mol. The van der Waals surface area contributed by atoms with Gasteiger partial charge in [-0.05, 0) is 24.1 Å². The third kappa shape index (κ3) is 4.15. The number of nitrogens with zero attached hydrogens (tertiary/aromatic N) is 1. The molecule has 0 bridgehead atoms. The first kappa shape index (κ1) is 15.7. The average Bonchev–Trinajstić information content (AvgIpc) is 2.49. The van der Waals surface area contributed by atoms with Crippen LogP contribution in [-0.4, -0.2) is 26.2 Å². The molecule has 3 rings (SSSR count). The standard InChI is InChI=1S/C17H19N2.Y/c1-2-5-15(6-3-1)13-16-7-4-8-17(14-16)19-11-9-18-10-12-19;/h2-8,14,18H,9-13H2;/q-1;. The van der Waals surface area contributed by atoms with Crippen LogP contribution in [0, 0.1) is 6.07 Å². The molecule has 1 radical (unpaired) electrons. The van der Waals surface area contributed by atoms with Crippen LogP contribution in [0.15, 0.2) is 48.5 Å². The average molecular weight is 340 g/mol. The van der Waals surface area contributed by atoms with Gasteiger partial charge in [0, 0.05) is 64.6 Å². The largest absolute Gasteiger partial charge is 0.369 e. The second kappa shape index (κ2) is 7.92. The van der Waals surface area contributed by atoms with Crippen molar-refractivity contribution in [3.63, 3.8) is 0 Å². The molecule has 1 saturated heterocycles. The van der Waals surface area contributed by atoms with Gasteiger partial charge < -0.3 is 10.2 Å².